The molecule has 0 atom stereocenters. The van der Waals surface area contributed by atoms with Gasteiger partial charge in [0.15, 0.2) is 0 Å². The minimum absolute atomic E-state index is 0.0581. The van der Waals surface area contributed by atoms with Crippen molar-refractivity contribution in [3.63, 3.8) is 0 Å². The molecule has 0 aliphatic heterocycles. The van der Waals surface area contributed by atoms with Gasteiger partial charge in [0.1, 0.15) is 17.4 Å². The normalized spacial score (nSPS) is 10.2. The smallest absolute Gasteiger partial charge is 0.228 e. The zero-order valence-corrected chi connectivity index (χ0v) is 10.8. The number of carbonyl (C=O) groups excluding carboxylic acids is 1. The van der Waals surface area contributed by atoms with E-state index in [0.29, 0.717) is 17.0 Å². The fourth-order valence-corrected chi connectivity index (χ4v) is 1.83. The Kier molecular flexibility index (Phi) is 4.30. The van der Waals surface area contributed by atoms with Crippen molar-refractivity contribution in [2.45, 2.75) is 6.42 Å². The van der Waals surface area contributed by atoms with Crippen LogP contribution in [0.15, 0.2) is 42.5 Å². The van der Waals surface area contributed by atoms with Gasteiger partial charge in [0.2, 0.25) is 5.91 Å². The number of carbonyl (C=O) groups is 1. The van der Waals surface area contributed by atoms with Crippen molar-refractivity contribution in [1.82, 2.24) is 0 Å². The Morgan fingerprint density at radius 1 is 1.15 bits per heavy atom. The third-order valence-electron chi connectivity index (χ3n) is 2.70. The molecule has 0 spiro atoms. The van der Waals surface area contributed by atoms with Gasteiger partial charge in [0.25, 0.3) is 0 Å². The molecule has 0 saturated heterocycles. The molecule has 0 bridgehead atoms. The van der Waals surface area contributed by atoms with Crippen molar-refractivity contribution < 1.29 is 18.3 Å². The zero-order valence-electron chi connectivity index (χ0n) is 10.8. The second kappa shape index (κ2) is 6.14. The van der Waals surface area contributed by atoms with Gasteiger partial charge in [-0.2, -0.15) is 0 Å². The van der Waals surface area contributed by atoms with E-state index in [-0.39, 0.29) is 12.3 Å². The third kappa shape index (κ3) is 3.54. The van der Waals surface area contributed by atoms with Crippen LogP contribution in [0.2, 0.25) is 0 Å². The first-order chi connectivity index (χ1) is 9.58. The van der Waals surface area contributed by atoms with E-state index in [2.05, 4.69) is 5.32 Å². The fraction of sp³-hybridized carbons (Fsp3) is 0.133. The van der Waals surface area contributed by atoms with Crippen molar-refractivity contribution in [1.29, 1.82) is 0 Å². The molecule has 3 nitrogen and oxygen atoms in total. The van der Waals surface area contributed by atoms with Gasteiger partial charge in [-0.3, -0.25) is 4.79 Å². The maximum absolute atomic E-state index is 13.2. The van der Waals surface area contributed by atoms with Gasteiger partial charge in [-0.15, -0.1) is 0 Å². The topological polar surface area (TPSA) is 38.3 Å². The summed E-state index contributed by atoms with van der Waals surface area (Å²) in [4.78, 5) is 11.9. The number of hydrogen-bond donors (Lipinski definition) is 1. The first kappa shape index (κ1) is 14.0. The minimum Gasteiger partial charge on any atom is -0.496 e. The van der Waals surface area contributed by atoms with Gasteiger partial charge in [-0.05, 0) is 36.4 Å². The van der Waals surface area contributed by atoms with Crippen molar-refractivity contribution in [2.75, 3.05) is 12.4 Å². The Balaban J connectivity index is 2.10. The minimum atomic E-state index is -0.445. The lowest BCUT2D eigenvalue weighted by molar-refractivity contribution is -0.115. The van der Waals surface area contributed by atoms with Crippen LogP contribution >= 0.6 is 0 Å². The molecule has 0 aliphatic rings. The van der Waals surface area contributed by atoms with Gasteiger partial charge < -0.3 is 10.1 Å². The number of nitrogens with one attached hydrogen (secondary N) is 1. The van der Waals surface area contributed by atoms with Crippen LogP contribution in [0, 0.1) is 11.6 Å². The molecule has 0 radical (unpaired) electrons. The molecular formula is C15H13F2NO2. The molecule has 20 heavy (non-hydrogen) atoms. The summed E-state index contributed by atoms with van der Waals surface area (Å²) in [6.07, 6.45) is -0.0581. The van der Waals surface area contributed by atoms with Gasteiger partial charge in [-0.1, -0.05) is 6.07 Å². The Morgan fingerprint density at radius 2 is 1.90 bits per heavy atom. The van der Waals surface area contributed by atoms with E-state index in [1.165, 1.54) is 43.5 Å². The quantitative estimate of drug-likeness (QED) is 0.932. The lowest BCUT2D eigenvalue weighted by Crippen LogP contribution is -2.15. The molecule has 1 amide bonds. The molecular weight excluding hydrogens is 264 g/mol. The zero-order chi connectivity index (χ0) is 14.5. The largest absolute Gasteiger partial charge is 0.496 e. The average Bonchev–Trinajstić information content (AvgIpc) is 2.38. The van der Waals surface area contributed by atoms with Crippen LogP contribution in [0.1, 0.15) is 5.56 Å². The fourth-order valence-electron chi connectivity index (χ4n) is 1.83. The molecule has 0 heterocycles. The van der Waals surface area contributed by atoms with Gasteiger partial charge in [0.05, 0.1) is 13.5 Å². The van der Waals surface area contributed by atoms with Crippen molar-refractivity contribution in [3.8, 4) is 5.75 Å². The van der Waals surface area contributed by atoms with Crippen LogP contribution in [0.25, 0.3) is 0 Å². The van der Waals surface area contributed by atoms with Crippen LogP contribution in [-0.4, -0.2) is 13.0 Å². The maximum Gasteiger partial charge on any atom is 0.228 e. The highest BCUT2D eigenvalue weighted by atomic mass is 19.1. The highest BCUT2D eigenvalue weighted by Crippen LogP contribution is 2.20. The summed E-state index contributed by atoms with van der Waals surface area (Å²) in [6, 6.07) is 9.51. The van der Waals surface area contributed by atoms with Gasteiger partial charge >= 0.3 is 0 Å². The summed E-state index contributed by atoms with van der Waals surface area (Å²) >= 11 is 0. The summed E-state index contributed by atoms with van der Waals surface area (Å²) in [6.45, 7) is 0. The molecule has 2 aromatic rings. The molecule has 5 heteroatoms. The standard InChI is InChI=1S/C15H13F2NO2/c1-20-14-6-5-12(17)7-10(14)8-15(19)18-13-4-2-3-11(16)9-13/h2-7,9H,8H2,1H3,(H,18,19). The van der Waals surface area contributed by atoms with E-state index in [4.69, 9.17) is 4.74 Å². The highest BCUT2D eigenvalue weighted by Gasteiger charge is 2.10. The summed E-state index contributed by atoms with van der Waals surface area (Å²) in [5.74, 6) is -0.828. The number of amides is 1. The molecule has 0 saturated carbocycles. The van der Waals surface area contributed by atoms with E-state index >= 15 is 0 Å². The molecule has 104 valence electrons. The van der Waals surface area contributed by atoms with Crippen molar-refractivity contribution in [3.05, 3.63) is 59.7 Å². The first-order valence-corrected chi connectivity index (χ1v) is 5.96. The molecule has 0 unspecified atom stereocenters. The molecule has 0 fully saturated rings. The summed E-state index contributed by atoms with van der Waals surface area (Å²) in [5.41, 5.74) is 0.784. The Bertz CT molecular complexity index is 629. The lowest BCUT2D eigenvalue weighted by atomic mass is 10.1. The maximum atomic E-state index is 13.2. The molecule has 0 aromatic heterocycles. The van der Waals surface area contributed by atoms with Gasteiger partial charge in [0, 0.05) is 11.3 Å². The van der Waals surface area contributed by atoms with Crippen LogP contribution in [-0.2, 0) is 11.2 Å². The SMILES string of the molecule is COc1ccc(F)cc1CC(=O)Nc1cccc(F)c1. The number of ether oxygens (including phenoxy) is 1. The number of rotatable bonds is 4. The van der Waals surface area contributed by atoms with Crippen molar-refractivity contribution >= 4 is 11.6 Å². The van der Waals surface area contributed by atoms with Crippen LogP contribution < -0.4 is 10.1 Å². The average molecular weight is 277 g/mol. The predicted octanol–water partition coefficient (Wildman–Crippen LogP) is 3.15. The van der Waals surface area contributed by atoms with Gasteiger partial charge in [-0.25, -0.2) is 8.78 Å². The number of halogens is 2. The molecule has 2 rings (SSSR count). The van der Waals surface area contributed by atoms with Crippen LogP contribution in [0.5, 0.6) is 5.75 Å². The summed E-state index contributed by atoms with van der Waals surface area (Å²) < 4.78 is 31.2. The van der Waals surface area contributed by atoms with E-state index in [1.54, 1.807) is 6.07 Å². The second-order valence-electron chi connectivity index (χ2n) is 4.19. The van der Waals surface area contributed by atoms with E-state index in [9.17, 15) is 13.6 Å². The predicted molar refractivity (Wildman–Crippen MR) is 71.7 cm³/mol. The third-order valence-corrected chi connectivity index (χ3v) is 2.70. The monoisotopic (exact) mass is 277 g/mol. The molecule has 1 N–H and O–H groups in total. The summed E-state index contributed by atoms with van der Waals surface area (Å²) in [5, 5.41) is 2.55. The molecule has 0 aliphatic carbocycles. The Labute approximate surface area is 115 Å². The molecule has 2 aromatic carbocycles. The number of methoxy groups -OCH3 is 1. The van der Waals surface area contributed by atoms with Crippen LogP contribution in [0.3, 0.4) is 0 Å². The second-order valence-corrected chi connectivity index (χ2v) is 4.19. The lowest BCUT2D eigenvalue weighted by Gasteiger charge is -2.09. The van der Waals surface area contributed by atoms with Crippen molar-refractivity contribution in [2.24, 2.45) is 0 Å². The van der Waals surface area contributed by atoms with Crippen LogP contribution in [0.4, 0.5) is 14.5 Å². The highest BCUT2D eigenvalue weighted by molar-refractivity contribution is 5.92. The number of hydrogen-bond acceptors (Lipinski definition) is 2. The van der Waals surface area contributed by atoms with E-state index < -0.39 is 11.6 Å². The number of benzene rings is 2. The Morgan fingerprint density at radius 3 is 2.60 bits per heavy atom. The van der Waals surface area contributed by atoms with E-state index in [0.717, 1.165) is 0 Å². The number of anilines is 1. The summed E-state index contributed by atoms with van der Waals surface area (Å²) in [7, 11) is 1.45. The Hall–Kier alpha value is -2.43. The van der Waals surface area contributed by atoms with E-state index in [1.807, 2.05) is 0 Å². The first-order valence-electron chi connectivity index (χ1n) is 5.96.